The molecule has 3 atom stereocenters. The van der Waals surface area contributed by atoms with Gasteiger partial charge in [0.2, 0.25) is 5.91 Å². The third-order valence-electron chi connectivity index (χ3n) is 5.91. The Hall–Kier alpha value is -1.90. The normalized spacial score (nSPS) is 33.3. The zero-order valence-electron chi connectivity index (χ0n) is 13.6. The highest BCUT2D eigenvalue weighted by Crippen LogP contribution is 2.62. The third-order valence-corrected chi connectivity index (χ3v) is 5.91. The fourth-order valence-electron chi connectivity index (χ4n) is 4.34. The quantitative estimate of drug-likeness (QED) is 0.802. The first-order valence-corrected chi connectivity index (χ1v) is 7.89. The highest BCUT2D eigenvalue weighted by Gasteiger charge is 2.68. The van der Waals surface area contributed by atoms with Gasteiger partial charge in [-0.15, -0.1) is 0 Å². The number of piperidine rings is 1. The van der Waals surface area contributed by atoms with Crippen molar-refractivity contribution in [1.82, 2.24) is 4.90 Å². The van der Waals surface area contributed by atoms with Gasteiger partial charge in [-0.25, -0.2) is 0 Å². The van der Waals surface area contributed by atoms with Gasteiger partial charge in [0.15, 0.2) is 0 Å². The van der Waals surface area contributed by atoms with Crippen LogP contribution < -0.4 is 0 Å². The lowest BCUT2D eigenvalue weighted by atomic mass is 9.66. The van der Waals surface area contributed by atoms with Crippen molar-refractivity contribution in [3.63, 3.8) is 0 Å². The molecule has 0 unspecified atom stereocenters. The Morgan fingerprint density at radius 3 is 2.55 bits per heavy atom. The minimum Gasteiger partial charge on any atom is -0.275 e. The summed E-state index contributed by atoms with van der Waals surface area (Å²) < 4.78 is 0. The summed E-state index contributed by atoms with van der Waals surface area (Å²) in [5.41, 5.74) is 0.988. The van der Waals surface area contributed by atoms with Gasteiger partial charge in [-0.2, -0.15) is 0 Å². The van der Waals surface area contributed by atoms with E-state index in [0.717, 1.165) is 19.3 Å². The largest absolute Gasteiger partial charge is 0.275 e. The van der Waals surface area contributed by atoms with Crippen LogP contribution in [0.25, 0.3) is 0 Å². The predicted octanol–water partition coefficient (Wildman–Crippen LogP) is 3.35. The van der Waals surface area contributed by atoms with Crippen LogP contribution in [-0.4, -0.2) is 22.8 Å². The van der Waals surface area contributed by atoms with E-state index in [1.807, 2.05) is 25.1 Å². The number of carbonyl (C=O) groups is 2. The summed E-state index contributed by atoms with van der Waals surface area (Å²) in [6.07, 6.45) is 2.57. The van der Waals surface area contributed by atoms with Crippen molar-refractivity contribution >= 4 is 11.8 Å². The summed E-state index contributed by atoms with van der Waals surface area (Å²) in [4.78, 5) is 26.8. The first-order valence-electron chi connectivity index (χ1n) is 7.89. The first kappa shape index (κ1) is 15.0. The SMILES string of the molecule is C=C(C)C(=O)N1C(=O)[C@]2(C)CC[C@H]1[C@]2(C)Cc1ccccc1. The maximum absolute atomic E-state index is 12.9. The molecule has 116 valence electrons. The van der Waals surface area contributed by atoms with Crippen LogP contribution in [0.2, 0.25) is 0 Å². The van der Waals surface area contributed by atoms with Gasteiger partial charge in [0.25, 0.3) is 5.91 Å². The molecule has 3 heteroatoms. The number of nitrogens with zero attached hydrogens (tertiary/aromatic N) is 1. The lowest BCUT2D eigenvalue weighted by Crippen LogP contribution is -2.44. The number of imide groups is 1. The topological polar surface area (TPSA) is 37.4 Å². The van der Waals surface area contributed by atoms with Crippen molar-refractivity contribution in [1.29, 1.82) is 0 Å². The first-order chi connectivity index (χ1) is 10.3. The van der Waals surface area contributed by atoms with E-state index in [1.165, 1.54) is 10.5 Å². The van der Waals surface area contributed by atoms with E-state index in [9.17, 15) is 9.59 Å². The van der Waals surface area contributed by atoms with Crippen LogP contribution in [0.5, 0.6) is 0 Å². The second-order valence-electron chi connectivity index (χ2n) is 7.23. The molecular weight excluding hydrogens is 274 g/mol. The number of amides is 2. The van der Waals surface area contributed by atoms with Crippen molar-refractivity contribution < 1.29 is 9.59 Å². The molecule has 3 rings (SSSR count). The summed E-state index contributed by atoms with van der Waals surface area (Å²) in [6.45, 7) is 9.61. The number of benzene rings is 1. The molecule has 1 heterocycles. The van der Waals surface area contributed by atoms with E-state index < -0.39 is 5.41 Å². The van der Waals surface area contributed by atoms with Gasteiger partial charge >= 0.3 is 0 Å². The smallest absolute Gasteiger partial charge is 0.255 e. The molecule has 2 bridgehead atoms. The summed E-state index contributed by atoms with van der Waals surface area (Å²) in [6, 6.07) is 10.2. The van der Waals surface area contributed by atoms with Crippen molar-refractivity contribution in [2.24, 2.45) is 10.8 Å². The number of likely N-dealkylation sites (tertiary alicyclic amines) is 1. The molecule has 1 aliphatic carbocycles. The minimum absolute atomic E-state index is 0.0184. The number of carbonyl (C=O) groups excluding carboxylic acids is 2. The molecule has 1 aromatic carbocycles. The van der Waals surface area contributed by atoms with Crippen LogP contribution >= 0.6 is 0 Å². The van der Waals surface area contributed by atoms with Crippen molar-refractivity contribution in [2.75, 3.05) is 0 Å². The van der Waals surface area contributed by atoms with Crippen molar-refractivity contribution in [2.45, 2.75) is 46.1 Å². The molecule has 1 saturated carbocycles. The molecule has 0 N–H and O–H groups in total. The molecule has 0 aromatic heterocycles. The van der Waals surface area contributed by atoms with Crippen LogP contribution in [0.15, 0.2) is 42.5 Å². The fourth-order valence-corrected chi connectivity index (χ4v) is 4.34. The highest BCUT2D eigenvalue weighted by molar-refractivity contribution is 6.08. The average molecular weight is 297 g/mol. The molecule has 2 fully saturated rings. The molecular formula is C19H23NO2. The number of hydrogen-bond acceptors (Lipinski definition) is 2. The van der Waals surface area contributed by atoms with Crippen molar-refractivity contribution in [3.05, 3.63) is 48.0 Å². The van der Waals surface area contributed by atoms with Crippen LogP contribution in [0.4, 0.5) is 0 Å². The third kappa shape index (κ3) is 1.81. The van der Waals surface area contributed by atoms with Crippen molar-refractivity contribution in [3.8, 4) is 0 Å². The molecule has 2 amide bonds. The number of hydrogen-bond donors (Lipinski definition) is 0. The maximum atomic E-state index is 12.9. The average Bonchev–Trinajstić information content (AvgIpc) is 2.81. The van der Waals surface area contributed by atoms with Gasteiger partial charge in [-0.05, 0) is 31.7 Å². The van der Waals surface area contributed by atoms with Crippen LogP contribution in [0, 0.1) is 10.8 Å². The lowest BCUT2D eigenvalue weighted by molar-refractivity contribution is -0.147. The van der Waals surface area contributed by atoms with Gasteiger partial charge in [-0.1, -0.05) is 50.8 Å². The number of fused-ring (bicyclic) bond motifs is 2. The standard InChI is InChI=1S/C19H23NO2/c1-13(2)16(21)20-15-10-11-18(3,17(20)22)19(15,4)12-14-8-6-5-7-9-14/h5-9,15H,1,10-12H2,2-4H3/t15-,18-,19-/m0/s1. The van der Waals surface area contributed by atoms with Crippen LogP contribution in [0.3, 0.4) is 0 Å². The number of rotatable bonds is 3. The highest BCUT2D eigenvalue weighted by atomic mass is 16.2. The minimum atomic E-state index is -0.460. The van der Waals surface area contributed by atoms with Crippen LogP contribution in [0.1, 0.15) is 39.2 Å². The Morgan fingerprint density at radius 1 is 1.32 bits per heavy atom. The van der Waals surface area contributed by atoms with E-state index in [-0.39, 0.29) is 23.3 Å². The summed E-state index contributed by atoms with van der Waals surface area (Å²) in [5, 5.41) is 0. The van der Waals surface area contributed by atoms with Gasteiger partial charge in [0.1, 0.15) is 0 Å². The molecule has 1 aromatic rings. The van der Waals surface area contributed by atoms with E-state index in [0.29, 0.717) is 5.57 Å². The summed E-state index contributed by atoms with van der Waals surface area (Å²) >= 11 is 0. The van der Waals surface area contributed by atoms with Crippen LogP contribution in [-0.2, 0) is 16.0 Å². The Kier molecular flexibility index (Phi) is 3.28. The Bertz CT molecular complexity index is 651. The molecule has 0 spiro atoms. The van der Waals surface area contributed by atoms with Gasteiger partial charge in [0.05, 0.1) is 5.41 Å². The Morgan fingerprint density at radius 2 is 1.95 bits per heavy atom. The van der Waals surface area contributed by atoms with Gasteiger partial charge in [-0.3, -0.25) is 14.5 Å². The summed E-state index contributed by atoms with van der Waals surface area (Å²) in [5.74, 6) is -0.229. The molecule has 1 aliphatic heterocycles. The molecule has 3 nitrogen and oxygen atoms in total. The second kappa shape index (κ2) is 4.80. The zero-order valence-corrected chi connectivity index (χ0v) is 13.6. The Labute approximate surface area is 132 Å². The van der Waals surface area contributed by atoms with E-state index in [1.54, 1.807) is 6.92 Å². The van der Waals surface area contributed by atoms with Gasteiger partial charge < -0.3 is 0 Å². The zero-order chi connectivity index (χ0) is 16.1. The lowest BCUT2D eigenvalue weighted by Gasteiger charge is -2.35. The molecule has 22 heavy (non-hydrogen) atoms. The monoisotopic (exact) mass is 297 g/mol. The maximum Gasteiger partial charge on any atom is 0.255 e. The second-order valence-corrected chi connectivity index (χ2v) is 7.23. The van der Waals surface area contributed by atoms with Gasteiger partial charge in [0, 0.05) is 17.0 Å². The predicted molar refractivity (Wildman–Crippen MR) is 86.0 cm³/mol. The van der Waals surface area contributed by atoms with E-state index >= 15 is 0 Å². The van der Waals surface area contributed by atoms with E-state index in [4.69, 9.17) is 0 Å². The molecule has 1 saturated heterocycles. The molecule has 2 aliphatic rings. The fraction of sp³-hybridized carbons (Fsp3) is 0.474. The summed E-state index contributed by atoms with van der Waals surface area (Å²) in [7, 11) is 0. The van der Waals surface area contributed by atoms with E-state index in [2.05, 4.69) is 25.6 Å². The molecule has 0 radical (unpaired) electrons. The Balaban J connectivity index is 2.00.